The fraction of sp³-hybridized carbons (Fsp3) is 0.357. The third-order valence-corrected chi connectivity index (χ3v) is 3.65. The third-order valence-electron chi connectivity index (χ3n) is 3.36. The molecule has 3 rings (SSSR count). The Balaban J connectivity index is 1.59. The van der Waals surface area contributed by atoms with Gasteiger partial charge in [0, 0.05) is 50.7 Å². The lowest BCUT2D eigenvalue weighted by molar-refractivity contribution is 0.163. The van der Waals surface area contributed by atoms with Crippen molar-refractivity contribution in [2.45, 2.75) is 18.9 Å². The molecule has 0 aliphatic carbocycles. The van der Waals surface area contributed by atoms with Gasteiger partial charge in [0.1, 0.15) is 6.10 Å². The van der Waals surface area contributed by atoms with Crippen LogP contribution in [-0.2, 0) is 0 Å². The molecule has 2 aromatic heterocycles. The van der Waals surface area contributed by atoms with Gasteiger partial charge in [-0.1, -0.05) is 11.6 Å². The molecule has 2 aromatic rings. The van der Waals surface area contributed by atoms with Crippen molar-refractivity contribution in [2.75, 3.05) is 18.0 Å². The highest BCUT2D eigenvalue weighted by atomic mass is 35.5. The molecule has 0 N–H and O–H groups in total. The van der Waals surface area contributed by atoms with E-state index >= 15 is 0 Å². The van der Waals surface area contributed by atoms with Crippen LogP contribution in [0.15, 0.2) is 37.1 Å². The molecule has 1 aliphatic rings. The van der Waals surface area contributed by atoms with Crippen LogP contribution in [0.4, 0.5) is 5.69 Å². The van der Waals surface area contributed by atoms with E-state index in [4.69, 9.17) is 16.3 Å². The highest BCUT2D eigenvalue weighted by molar-refractivity contribution is 6.33. The monoisotopic (exact) mass is 290 g/mol. The third kappa shape index (κ3) is 2.99. The summed E-state index contributed by atoms with van der Waals surface area (Å²) in [7, 11) is 0. The Morgan fingerprint density at radius 3 is 2.60 bits per heavy atom. The normalized spacial score (nSPS) is 16.1. The zero-order valence-corrected chi connectivity index (χ0v) is 11.7. The number of anilines is 1. The molecule has 0 saturated carbocycles. The average Bonchev–Trinajstić information content (AvgIpc) is 2.50. The first-order valence-corrected chi connectivity index (χ1v) is 6.98. The van der Waals surface area contributed by atoms with Crippen LogP contribution in [0.25, 0.3) is 0 Å². The molecule has 3 heterocycles. The average molecular weight is 291 g/mol. The summed E-state index contributed by atoms with van der Waals surface area (Å²) in [5, 5.41) is 0.695. The van der Waals surface area contributed by atoms with Gasteiger partial charge in [-0.05, 0) is 6.07 Å². The molecule has 104 valence electrons. The van der Waals surface area contributed by atoms with E-state index < -0.39 is 0 Å². The van der Waals surface area contributed by atoms with Crippen molar-refractivity contribution in [2.24, 2.45) is 0 Å². The van der Waals surface area contributed by atoms with E-state index in [1.54, 1.807) is 31.0 Å². The van der Waals surface area contributed by atoms with Gasteiger partial charge in [-0.25, -0.2) is 4.98 Å². The first-order chi connectivity index (χ1) is 9.83. The van der Waals surface area contributed by atoms with Crippen molar-refractivity contribution >= 4 is 17.3 Å². The smallest absolute Gasteiger partial charge is 0.232 e. The zero-order chi connectivity index (χ0) is 13.8. The summed E-state index contributed by atoms with van der Waals surface area (Å²) in [5.41, 5.74) is 1.04. The van der Waals surface area contributed by atoms with Gasteiger partial charge in [-0.2, -0.15) is 0 Å². The van der Waals surface area contributed by atoms with Crippen LogP contribution in [0.2, 0.25) is 5.02 Å². The Kier molecular flexibility index (Phi) is 3.97. The fourth-order valence-electron chi connectivity index (χ4n) is 2.36. The number of hydrogen-bond donors (Lipinski definition) is 0. The molecule has 0 aromatic carbocycles. The Bertz CT molecular complexity index is 558. The number of pyridine rings is 1. The van der Waals surface area contributed by atoms with Crippen LogP contribution in [-0.4, -0.2) is 34.1 Å². The van der Waals surface area contributed by atoms with Crippen LogP contribution in [0, 0.1) is 0 Å². The quantitative estimate of drug-likeness (QED) is 0.869. The molecule has 20 heavy (non-hydrogen) atoms. The molecule has 1 aliphatic heterocycles. The van der Waals surface area contributed by atoms with Crippen molar-refractivity contribution in [3.63, 3.8) is 0 Å². The summed E-state index contributed by atoms with van der Waals surface area (Å²) >= 11 is 6.17. The molecule has 0 amide bonds. The maximum Gasteiger partial charge on any atom is 0.232 e. The van der Waals surface area contributed by atoms with Crippen LogP contribution in [0.3, 0.4) is 0 Å². The maximum atomic E-state index is 6.17. The second kappa shape index (κ2) is 6.05. The Morgan fingerprint density at radius 2 is 1.90 bits per heavy atom. The van der Waals surface area contributed by atoms with Crippen LogP contribution >= 0.6 is 11.6 Å². The van der Waals surface area contributed by atoms with Crippen molar-refractivity contribution < 1.29 is 4.74 Å². The molecule has 0 unspecified atom stereocenters. The lowest BCUT2D eigenvalue weighted by Crippen LogP contribution is -2.38. The summed E-state index contributed by atoms with van der Waals surface area (Å²) in [4.78, 5) is 14.4. The second-order valence-corrected chi connectivity index (χ2v) is 5.08. The predicted molar refractivity (Wildman–Crippen MR) is 77.1 cm³/mol. The van der Waals surface area contributed by atoms with E-state index in [0.717, 1.165) is 31.6 Å². The first kappa shape index (κ1) is 13.1. The van der Waals surface area contributed by atoms with Gasteiger partial charge in [0.2, 0.25) is 5.88 Å². The van der Waals surface area contributed by atoms with Gasteiger partial charge in [0.05, 0.1) is 16.9 Å². The molecule has 1 fully saturated rings. The lowest BCUT2D eigenvalue weighted by Gasteiger charge is -2.33. The molecule has 0 atom stereocenters. The summed E-state index contributed by atoms with van der Waals surface area (Å²) in [6.07, 6.45) is 10.4. The van der Waals surface area contributed by atoms with E-state index in [9.17, 15) is 0 Å². The van der Waals surface area contributed by atoms with E-state index in [-0.39, 0.29) is 6.10 Å². The Morgan fingerprint density at radius 1 is 1.10 bits per heavy atom. The predicted octanol–water partition coefficient (Wildman–Crippen LogP) is 2.57. The van der Waals surface area contributed by atoms with E-state index in [2.05, 4.69) is 19.9 Å². The lowest BCUT2D eigenvalue weighted by atomic mass is 10.1. The number of ether oxygens (including phenoxy) is 1. The SMILES string of the molecule is Clc1cnccc1N1CCC(Oc2cnccn2)CC1. The summed E-state index contributed by atoms with van der Waals surface area (Å²) in [6, 6.07) is 1.95. The number of halogens is 1. The van der Waals surface area contributed by atoms with E-state index in [1.165, 1.54) is 0 Å². The number of aromatic nitrogens is 3. The molecule has 6 heteroatoms. The van der Waals surface area contributed by atoms with Gasteiger partial charge in [-0.3, -0.25) is 9.97 Å². The topological polar surface area (TPSA) is 51.1 Å². The van der Waals surface area contributed by atoms with Crippen molar-refractivity contribution in [1.29, 1.82) is 0 Å². The summed E-state index contributed by atoms with van der Waals surface area (Å²) in [5.74, 6) is 0.591. The second-order valence-electron chi connectivity index (χ2n) is 4.67. The van der Waals surface area contributed by atoms with Crippen LogP contribution < -0.4 is 9.64 Å². The molecule has 5 nitrogen and oxygen atoms in total. The number of nitrogens with zero attached hydrogens (tertiary/aromatic N) is 4. The minimum absolute atomic E-state index is 0.184. The van der Waals surface area contributed by atoms with Gasteiger partial charge >= 0.3 is 0 Å². The van der Waals surface area contributed by atoms with Crippen molar-refractivity contribution in [1.82, 2.24) is 15.0 Å². The van der Waals surface area contributed by atoms with Crippen molar-refractivity contribution in [3.05, 3.63) is 42.1 Å². The van der Waals surface area contributed by atoms with Gasteiger partial charge < -0.3 is 9.64 Å². The minimum Gasteiger partial charge on any atom is -0.473 e. The van der Waals surface area contributed by atoms with Gasteiger partial charge in [-0.15, -0.1) is 0 Å². The van der Waals surface area contributed by atoms with Crippen molar-refractivity contribution in [3.8, 4) is 5.88 Å². The Hall–Kier alpha value is -1.88. The molecule has 0 bridgehead atoms. The highest BCUT2D eigenvalue weighted by Crippen LogP contribution is 2.27. The zero-order valence-electron chi connectivity index (χ0n) is 10.9. The van der Waals surface area contributed by atoms with Gasteiger partial charge in [0.15, 0.2) is 0 Å². The molecular formula is C14H15ClN4O. The molecule has 1 saturated heterocycles. The molecule has 0 radical (unpaired) electrons. The number of rotatable bonds is 3. The van der Waals surface area contributed by atoms with E-state index in [0.29, 0.717) is 10.9 Å². The first-order valence-electron chi connectivity index (χ1n) is 6.60. The fourth-order valence-corrected chi connectivity index (χ4v) is 2.59. The number of hydrogen-bond acceptors (Lipinski definition) is 5. The van der Waals surface area contributed by atoms with E-state index in [1.807, 2.05) is 6.07 Å². The molecular weight excluding hydrogens is 276 g/mol. The largest absolute Gasteiger partial charge is 0.473 e. The minimum atomic E-state index is 0.184. The summed E-state index contributed by atoms with van der Waals surface area (Å²) < 4.78 is 5.82. The Labute approximate surface area is 122 Å². The molecule has 0 spiro atoms. The van der Waals surface area contributed by atoms with Crippen LogP contribution in [0.1, 0.15) is 12.8 Å². The maximum absolute atomic E-state index is 6.17. The van der Waals surface area contributed by atoms with Gasteiger partial charge in [0.25, 0.3) is 0 Å². The number of piperidine rings is 1. The highest BCUT2D eigenvalue weighted by Gasteiger charge is 2.22. The standard InChI is InChI=1S/C14H15ClN4O/c15-12-9-16-4-1-13(12)19-7-2-11(3-8-19)20-14-10-17-5-6-18-14/h1,4-6,9-11H,2-3,7-8H2. The summed E-state index contributed by atoms with van der Waals surface area (Å²) in [6.45, 7) is 1.82. The van der Waals surface area contributed by atoms with Crippen LogP contribution in [0.5, 0.6) is 5.88 Å².